The molecule has 1 saturated carbocycles. The fourth-order valence-electron chi connectivity index (χ4n) is 5.70. The molecule has 13 nitrogen and oxygen atoms in total. The van der Waals surface area contributed by atoms with E-state index < -0.39 is 60.6 Å². The summed E-state index contributed by atoms with van der Waals surface area (Å²) in [5.74, 6) is 0.180. The van der Waals surface area contributed by atoms with Gasteiger partial charge in [-0.2, -0.15) is 0 Å². The van der Waals surface area contributed by atoms with Crippen molar-refractivity contribution in [2.24, 2.45) is 17.4 Å². The number of carbonyl (C=O) groups excluding carboxylic acids is 1. The van der Waals surface area contributed by atoms with Crippen LogP contribution in [0.3, 0.4) is 0 Å². The maximum Gasteiger partial charge on any atom is 0.215 e. The molecule has 0 radical (unpaired) electrons. The third kappa shape index (κ3) is 6.34. The van der Waals surface area contributed by atoms with E-state index in [1.54, 1.807) is 14.0 Å². The highest BCUT2D eigenvalue weighted by molar-refractivity contribution is 5.50. The molecule has 3 aliphatic heterocycles. The molecular formula is C24H43N5O8. The lowest BCUT2D eigenvalue weighted by atomic mass is 9.78. The summed E-state index contributed by atoms with van der Waals surface area (Å²) in [4.78, 5) is 11.4. The zero-order valence-electron chi connectivity index (χ0n) is 21.5. The molecule has 1 unspecified atom stereocenters. The standard InChI is InChI=1S/C24H43N5O8/c1-24(33)11-34-23(18(32)21(24)27-2)36-19-12(5-6-30)7-15(26)20(17(19)31)37-22-16(29-13-9-28-10-13)4-3-14(8-25)35-22/h3,6,12-13,15-23,27-29,31-33H,4-5,7-11,25-26H2,1-2H3/t12-,15+,16-,17-,18-,19+,20?,21-,22-,23-,24+/m1/s1. The number of likely N-dealkylation sites (N-methyl/N-ethyl adjacent to an activating group) is 1. The van der Waals surface area contributed by atoms with E-state index in [1.807, 2.05) is 6.08 Å². The van der Waals surface area contributed by atoms with Crippen molar-refractivity contribution in [2.75, 3.05) is 33.3 Å². The monoisotopic (exact) mass is 529 g/mol. The molecule has 10 N–H and O–H groups in total. The fourth-order valence-corrected chi connectivity index (χ4v) is 5.70. The second-order valence-electron chi connectivity index (χ2n) is 10.8. The van der Waals surface area contributed by atoms with Gasteiger partial charge in [0.15, 0.2) is 6.29 Å². The molecule has 0 bridgehead atoms. The topological polar surface area (TPSA) is 203 Å². The van der Waals surface area contributed by atoms with Crippen LogP contribution in [0.1, 0.15) is 26.2 Å². The average Bonchev–Trinajstić information content (AvgIpc) is 2.83. The Kier molecular flexibility index (Phi) is 9.57. The number of nitrogens with one attached hydrogen (secondary N) is 3. The highest BCUT2D eigenvalue weighted by Gasteiger charge is 2.51. The maximum atomic E-state index is 11.4. The van der Waals surface area contributed by atoms with Crippen LogP contribution >= 0.6 is 0 Å². The Hall–Kier alpha value is -1.23. The first-order valence-corrected chi connectivity index (χ1v) is 13.1. The van der Waals surface area contributed by atoms with Gasteiger partial charge < -0.3 is 66.5 Å². The molecule has 0 aromatic carbocycles. The summed E-state index contributed by atoms with van der Waals surface area (Å²) in [6.07, 6.45) is -2.33. The number of aliphatic hydroxyl groups is 3. The number of ether oxygens (including phenoxy) is 4. The van der Waals surface area contributed by atoms with E-state index in [9.17, 15) is 20.1 Å². The third-order valence-electron chi connectivity index (χ3n) is 7.89. The highest BCUT2D eigenvalue weighted by Crippen LogP contribution is 2.35. The van der Waals surface area contributed by atoms with Gasteiger partial charge in [0.1, 0.15) is 36.0 Å². The predicted molar refractivity (Wildman–Crippen MR) is 132 cm³/mol. The van der Waals surface area contributed by atoms with Crippen LogP contribution in [0.4, 0.5) is 0 Å². The van der Waals surface area contributed by atoms with Crippen molar-refractivity contribution >= 4 is 6.29 Å². The summed E-state index contributed by atoms with van der Waals surface area (Å²) >= 11 is 0. The summed E-state index contributed by atoms with van der Waals surface area (Å²) < 4.78 is 24.1. The number of carbonyl (C=O) groups is 1. The van der Waals surface area contributed by atoms with Crippen LogP contribution in [0.15, 0.2) is 11.8 Å². The third-order valence-corrected chi connectivity index (χ3v) is 7.89. The van der Waals surface area contributed by atoms with Gasteiger partial charge in [-0.3, -0.25) is 0 Å². The highest BCUT2D eigenvalue weighted by atomic mass is 16.7. The van der Waals surface area contributed by atoms with Gasteiger partial charge >= 0.3 is 0 Å². The molecule has 11 atom stereocenters. The lowest BCUT2D eigenvalue weighted by molar-refractivity contribution is -0.308. The molecule has 3 heterocycles. The average molecular weight is 530 g/mol. The molecule has 2 saturated heterocycles. The Balaban J connectivity index is 1.49. The van der Waals surface area contributed by atoms with Gasteiger partial charge in [-0.1, -0.05) is 0 Å². The number of hydrogen-bond acceptors (Lipinski definition) is 13. The van der Waals surface area contributed by atoms with Crippen molar-refractivity contribution in [1.82, 2.24) is 16.0 Å². The second kappa shape index (κ2) is 12.3. The minimum absolute atomic E-state index is 0.0890. The molecule has 4 rings (SSSR count). The zero-order valence-corrected chi connectivity index (χ0v) is 21.5. The van der Waals surface area contributed by atoms with Crippen molar-refractivity contribution in [2.45, 2.75) is 93.0 Å². The van der Waals surface area contributed by atoms with E-state index in [4.69, 9.17) is 30.4 Å². The van der Waals surface area contributed by atoms with Crippen molar-refractivity contribution < 1.29 is 39.1 Å². The summed E-state index contributed by atoms with van der Waals surface area (Å²) in [6, 6.07) is -1.20. The molecular weight excluding hydrogens is 486 g/mol. The summed E-state index contributed by atoms with van der Waals surface area (Å²) in [5, 5.41) is 42.5. The first-order valence-electron chi connectivity index (χ1n) is 13.1. The van der Waals surface area contributed by atoms with E-state index in [-0.39, 0.29) is 31.7 Å². The molecule has 0 aromatic heterocycles. The van der Waals surface area contributed by atoms with Crippen molar-refractivity contribution in [3.63, 3.8) is 0 Å². The maximum absolute atomic E-state index is 11.4. The normalized spacial score (nSPS) is 45.0. The zero-order chi connectivity index (χ0) is 26.7. The van der Waals surface area contributed by atoms with E-state index in [1.165, 1.54) is 0 Å². The first-order chi connectivity index (χ1) is 17.7. The number of nitrogens with two attached hydrogens (primary N) is 2. The Morgan fingerprint density at radius 2 is 1.97 bits per heavy atom. The van der Waals surface area contributed by atoms with Crippen LogP contribution in [0.25, 0.3) is 0 Å². The molecule has 0 spiro atoms. The quantitative estimate of drug-likeness (QED) is 0.130. The van der Waals surface area contributed by atoms with Gasteiger partial charge in [-0.05, 0) is 38.8 Å². The second-order valence-corrected chi connectivity index (χ2v) is 10.8. The smallest absolute Gasteiger partial charge is 0.215 e. The Morgan fingerprint density at radius 3 is 2.59 bits per heavy atom. The van der Waals surface area contributed by atoms with Gasteiger partial charge in [0.2, 0.25) is 6.29 Å². The van der Waals surface area contributed by atoms with E-state index in [2.05, 4.69) is 16.0 Å². The molecule has 3 fully saturated rings. The molecule has 37 heavy (non-hydrogen) atoms. The van der Waals surface area contributed by atoms with Crippen LogP contribution < -0.4 is 27.4 Å². The molecule has 212 valence electrons. The van der Waals surface area contributed by atoms with Crippen molar-refractivity contribution in [1.29, 1.82) is 0 Å². The van der Waals surface area contributed by atoms with E-state index in [0.29, 0.717) is 18.6 Å². The first kappa shape index (κ1) is 28.8. The lowest BCUT2D eigenvalue weighted by Crippen LogP contribution is -2.67. The molecule has 4 aliphatic rings. The molecule has 13 heteroatoms. The molecule has 0 amide bonds. The molecule has 0 aromatic rings. The number of aldehydes is 1. The van der Waals surface area contributed by atoms with Crippen molar-refractivity contribution in [3.8, 4) is 0 Å². The van der Waals surface area contributed by atoms with Crippen molar-refractivity contribution in [3.05, 3.63) is 11.8 Å². The molecule has 1 aliphatic carbocycles. The van der Waals surface area contributed by atoms with Crippen LogP contribution in [0.2, 0.25) is 0 Å². The minimum Gasteiger partial charge on any atom is -0.467 e. The van der Waals surface area contributed by atoms with Gasteiger partial charge in [-0.25, -0.2) is 0 Å². The Labute approximate surface area is 217 Å². The van der Waals surface area contributed by atoms with Gasteiger partial charge in [0.25, 0.3) is 0 Å². The summed E-state index contributed by atoms with van der Waals surface area (Å²) in [6.45, 7) is 3.37. The Bertz CT molecular complexity index is 799. The fraction of sp³-hybridized carbons (Fsp3) is 0.875. The van der Waals surface area contributed by atoms with Gasteiger partial charge in [0, 0.05) is 31.6 Å². The van der Waals surface area contributed by atoms with Crippen LogP contribution in [0, 0.1) is 5.92 Å². The number of rotatable bonds is 10. The summed E-state index contributed by atoms with van der Waals surface area (Å²) in [5.41, 5.74) is 10.9. The number of hydrogen-bond donors (Lipinski definition) is 8. The van der Waals surface area contributed by atoms with Crippen LogP contribution in [-0.4, -0.2) is 122 Å². The predicted octanol–water partition coefficient (Wildman–Crippen LogP) is -3.37. The summed E-state index contributed by atoms with van der Waals surface area (Å²) in [7, 11) is 1.62. The Morgan fingerprint density at radius 1 is 1.24 bits per heavy atom. The number of aliphatic hydroxyl groups excluding tert-OH is 2. The largest absolute Gasteiger partial charge is 0.467 e. The SMILES string of the molecule is CN[C@@H]1[C@@H](O)[C@@H](O[C@H]2[C@H](CC=O)C[C@H](N)C(O[C@H]3OC(CN)=CC[C@H]3NC3CNC3)[C@@H]2O)OC[C@]1(C)O. The van der Waals surface area contributed by atoms with Crippen LogP contribution in [-0.2, 0) is 23.7 Å². The van der Waals surface area contributed by atoms with E-state index >= 15 is 0 Å². The van der Waals surface area contributed by atoms with Crippen LogP contribution in [0.5, 0.6) is 0 Å². The van der Waals surface area contributed by atoms with E-state index in [0.717, 1.165) is 19.4 Å². The van der Waals surface area contributed by atoms with Gasteiger partial charge in [0.05, 0.1) is 31.3 Å². The minimum atomic E-state index is -1.32. The lowest BCUT2D eigenvalue weighted by Gasteiger charge is -2.49. The van der Waals surface area contributed by atoms with Gasteiger partial charge in [-0.15, -0.1) is 0 Å².